The van der Waals surface area contributed by atoms with Crippen LogP contribution >= 0.6 is 11.8 Å². The zero-order valence-corrected chi connectivity index (χ0v) is 18.9. The Balaban J connectivity index is 1.44. The first-order valence-corrected chi connectivity index (χ1v) is 12.1. The van der Waals surface area contributed by atoms with Crippen molar-refractivity contribution < 1.29 is 9.18 Å². The first-order valence-electron chi connectivity index (χ1n) is 11.1. The number of halogens is 1. The molecular weight excluding hydrogens is 437 g/mol. The van der Waals surface area contributed by atoms with Gasteiger partial charge in [-0.15, -0.1) is 11.8 Å². The van der Waals surface area contributed by atoms with Crippen LogP contribution in [-0.2, 0) is 0 Å². The van der Waals surface area contributed by atoms with E-state index in [-0.39, 0.29) is 17.8 Å². The molecule has 1 aliphatic heterocycles. The Hall–Kier alpha value is -3.26. The van der Waals surface area contributed by atoms with Crippen LogP contribution in [0.4, 0.5) is 4.39 Å². The highest BCUT2D eigenvalue weighted by atomic mass is 32.2. The van der Waals surface area contributed by atoms with Crippen LogP contribution in [0.5, 0.6) is 0 Å². The number of nitrogens with zero attached hydrogens (tertiary/aromatic N) is 4. The number of rotatable bonds is 4. The normalized spacial score (nSPS) is 17.7. The summed E-state index contributed by atoms with van der Waals surface area (Å²) in [5, 5.41) is 8.58. The Morgan fingerprint density at radius 1 is 1.18 bits per heavy atom. The molecule has 1 unspecified atom stereocenters. The van der Waals surface area contributed by atoms with E-state index in [9.17, 15) is 9.18 Å². The fourth-order valence-electron chi connectivity index (χ4n) is 4.47. The third-order valence-corrected chi connectivity index (χ3v) is 7.38. The van der Waals surface area contributed by atoms with Crippen molar-refractivity contribution in [3.8, 4) is 5.82 Å². The van der Waals surface area contributed by atoms with Crippen molar-refractivity contribution in [2.24, 2.45) is 0 Å². The van der Waals surface area contributed by atoms with Gasteiger partial charge < -0.3 is 5.32 Å². The standard InChI is InChI=1S/C25H22FN5OS/c1-14-23-18(25(32)29-19-9-11-33-21-8-7-16(26)12-17(19)21)13-20(15-5-6-15)28-24(23)31(30-14)22-4-2-3-10-27-22/h2-4,7-8,10,12-13,15,19H,5-6,9,11H2,1H3,(H,29,32). The van der Waals surface area contributed by atoms with Crippen LogP contribution in [0, 0.1) is 12.7 Å². The number of fused-ring (bicyclic) bond motifs is 2. The van der Waals surface area contributed by atoms with Gasteiger partial charge in [0.05, 0.1) is 22.7 Å². The molecule has 1 atom stereocenters. The van der Waals surface area contributed by atoms with E-state index in [0.717, 1.165) is 52.2 Å². The molecule has 33 heavy (non-hydrogen) atoms. The maximum absolute atomic E-state index is 14.0. The summed E-state index contributed by atoms with van der Waals surface area (Å²) in [5.41, 5.74) is 3.69. The van der Waals surface area contributed by atoms with Crippen molar-refractivity contribution in [1.82, 2.24) is 25.1 Å². The third kappa shape index (κ3) is 3.68. The molecule has 0 saturated heterocycles. The van der Waals surface area contributed by atoms with E-state index in [2.05, 4.69) is 15.4 Å². The molecule has 166 valence electrons. The average molecular weight is 460 g/mol. The lowest BCUT2D eigenvalue weighted by molar-refractivity contribution is 0.0936. The van der Waals surface area contributed by atoms with Gasteiger partial charge in [0.1, 0.15) is 5.82 Å². The molecule has 0 bridgehead atoms. The van der Waals surface area contributed by atoms with E-state index >= 15 is 0 Å². The highest BCUT2D eigenvalue weighted by Crippen LogP contribution is 2.41. The number of carbonyl (C=O) groups is 1. The van der Waals surface area contributed by atoms with Crippen LogP contribution in [0.25, 0.3) is 16.9 Å². The van der Waals surface area contributed by atoms with E-state index in [1.54, 1.807) is 28.7 Å². The molecule has 1 aromatic carbocycles. The lowest BCUT2D eigenvalue weighted by Gasteiger charge is -2.26. The van der Waals surface area contributed by atoms with Crippen LogP contribution < -0.4 is 5.32 Å². The van der Waals surface area contributed by atoms with Crippen molar-refractivity contribution in [3.05, 3.63) is 77.0 Å². The minimum absolute atomic E-state index is 0.180. The number of carbonyl (C=O) groups excluding carboxylic acids is 1. The van der Waals surface area contributed by atoms with Crippen molar-refractivity contribution in [1.29, 1.82) is 0 Å². The molecule has 3 aromatic heterocycles. The van der Waals surface area contributed by atoms with Gasteiger partial charge >= 0.3 is 0 Å². The second kappa shape index (κ2) is 7.95. The molecule has 2 aliphatic rings. The van der Waals surface area contributed by atoms with Gasteiger partial charge in [0, 0.05) is 28.5 Å². The van der Waals surface area contributed by atoms with Crippen molar-refractivity contribution in [2.75, 3.05) is 5.75 Å². The van der Waals surface area contributed by atoms with Crippen molar-refractivity contribution in [2.45, 2.75) is 43.0 Å². The van der Waals surface area contributed by atoms with E-state index in [4.69, 9.17) is 4.98 Å². The number of aromatic nitrogens is 4. The number of benzene rings is 1. The smallest absolute Gasteiger partial charge is 0.252 e. The number of amides is 1. The van der Waals surface area contributed by atoms with Gasteiger partial charge in [0.15, 0.2) is 11.5 Å². The molecular formula is C25H22FN5OS. The van der Waals surface area contributed by atoms with Gasteiger partial charge in [-0.3, -0.25) is 4.79 Å². The predicted octanol–water partition coefficient (Wildman–Crippen LogP) is 5.11. The summed E-state index contributed by atoms with van der Waals surface area (Å²) in [4.78, 5) is 24.0. The van der Waals surface area contributed by atoms with E-state index < -0.39 is 0 Å². The van der Waals surface area contributed by atoms with Gasteiger partial charge in [0.2, 0.25) is 0 Å². The van der Waals surface area contributed by atoms with Crippen molar-refractivity contribution >= 4 is 28.7 Å². The van der Waals surface area contributed by atoms with E-state index in [0.29, 0.717) is 22.9 Å². The highest BCUT2D eigenvalue weighted by molar-refractivity contribution is 7.99. The Labute approximate surface area is 194 Å². The molecule has 1 amide bonds. The summed E-state index contributed by atoms with van der Waals surface area (Å²) < 4.78 is 15.7. The Bertz CT molecular complexity index is 1380. The number of nitrogens with one attached hydrogen (secondary N) is 1. The summed E-state index contributed by atoms with van der Waals surface area (Å²) in [7, 11) is 0. The lowest BCUT2D eigenvalue weighted by Crippen LogP contribution is -2.31. The highest BCUT2D eigenvalue weighted by Gasteiger charge is 2.30. The average Bonchev–Trinajstić information content (AvgIpc) is 3.63. The minimum Gasteiger partial charge on any atom is -0.345 e. The number of aryl methyl sites for hydroxylation is 1. The zero-order chi connectivity index (χ0) is 22.5. The van der Waals surface area contributed by atoms with Crippen molar-refractivity contribution in [3.63, 3.8) is 0 Å². The molecule has 8 heteroatoms. The van der Waals surface area contributed by atoms with E-state index in [1.165, 1.54) is 12.1 Å². The SMILES string of the molecule is Cc1nn(-c2ccccn2)c2nc(C3CC3)cc(C(=O)NC3CCSc4ccc(F)cc43)c12. The van der Waals surface area contributed by atoms with Crippen LogP contribution in [0.1, 0.15) is 58.5 Å². The topological polar surface area (TPSA) is 72.7 Å². The largest absolute Gasteiger partial charge is 0.345 e. The second-order valence-corrected chi connectivity index (χ2v) is 9.73. The van der Waals surface area contributed by atoms with E-state index in [1.807, 2.05) is 31.2 Å². The van der Waals surface area contributed by atoms with Gasteiger partial charge in [-0.25, -0.2) is 14.4 Å². The molecule has 1 N–H and O–H groups in total. The molecule has 4 aromatic rings. The van der Waals surface area contributed by atoms with Crippen LogP contribution in [0.15, 0.2) is 53.6 Å². The van der Waals surface area contributed by atoms with Crippen LogP contribution in [0.3, 0.4) is 0 Å². The quantitative estimate of drug-likeness (QED) is 0.459. The van der Waals surface area contributed by atoms with Gasteiger partial charge in [-0.05, 0) is 68.1 Å². The Morgan fingerprint density at radius 3 is 2.85 bits per heavy atom. The molecule has 1 fully saturated rings. The maximum Gasteiger partial charge on any atom is 0.252 e. The monoisotopic (exact) mass is 459 g/mol. The number of pyridine rings is 2. The molecule has 6 nitrogen and oxygen atoms in total. The minimum atomic E-state index is -0.287. The summed E-state index contributed by atoms with van der Waals surface area (Å²) >= 11 is 1.70. The van der Waals surface area contributed by atoms with Gasteiger partial charge in [-0.2, -0.15) is 9.78 Å². The second-order valence-electron chi connectivity index (χ2n) is 8.60. The fraction of sp³-hybridized carbons (Fsp3) is 0.280. The summed E-state index contributed by atoms with van der Waals surface area (Å²) in [6.45, 7) is 1.89. The number of hydrogen-bond acceptors (Lipinski definition) is 5. The molecule has 0 spiro atoms. The molecule has 6 rings (SSSR count). The molecule has 1 aliphatic carbocycles. The number of hydrogen-bond donors (Lipinski definition) is 1. The number of thioether (sulfide) groups is 1. The Kier molecular flexibility index (Phi) is 4.90. The van der Waals surface area contributed by atoms with Gasteiger partial charge in [0.25, 0.3) is 5.91 Å². The van der Waals surface area contributed by atoms with Crippen LogP contribution in [-0.4, -0.2) is 31.4 Å². The fourth-order valence-corrected chi connectivity index (χ4v) is 5.57. The molecule has 0 radical (unpaired) electrons. The lowest BCUT2D eigenvalue weighted by atomic mass is 10.0. The van der Waals surface area contributed by atoms with Crippen LogP contribution in [0.2, 0.25) is 0 Å². The predicted molar refractivity (Wildman–Crippen MR) is 125 cm³/mol. The first-order chi connectivity index (χ1) is 16.1. The summed E-state index contributed by atoms with van der Waals surface area (Å²) in [5.74, 6) is 1.44. The maximum atomic E-state index is 14.0. The third-order valence-electron chi connectivity index (χ3n) is 6.26. The summed E-state index contributed by atoms with van der Waals surface area (Å²) in [6.07, 6.45) is 4.61. The summed E-state index contributed by atoms with van der Waals surface area (Å²) in [6, 6.07) is 12.1. The molecule has 4 heterocycles. The zero-order valence-electron chi connectivity index (χ0n) is 18.1. The molecule has 1 saturated carbocycles. The Morgan fingerprint density at radius 2 is 2.06 bits per heavy atom. The first kappa shape index (κ1) is 20.4. The van der Waals surface area contributed by atoms with Gasteiger partial charge in [-0.1, -0.05) is 6.07 Å².